The number of hydrogen-bond acceptors (Lipinski definition) is 2. The average Bonchev–Trinajstić information content (AvgIpc) is 2.36. The lowest BCUT2D eigenvalue weighted by Gasteiger charge is -2.04. The van der Waals surface area contributed by atoms with E-state index in [0.717, 1.165) is 12.8 Å². The number of carbonyl (C=O) groups excluding carboxylic acids is 2. The van der Waals surface area contributed by atoms with E-state index >= 15 is 0 Å². The van der Waals surface area contributed by atoms with Gasteiger partial charge in [-0.3, -0.25) is 14.9 Å². The van der Waals surface area contributed by atoms with Crippen LogP contribution in [0.15, 0.2) is 12.2 Å². The first-order valence-corrected chi connectivity index (χ1v) is 7.57. The number of rotatable bonds is 11. The fraction of sp³-hybridized carbons (Fsp3) is 0.750. The average molecular weight is 267 g/mol. The van der Waals surface area contributed by atoms with Crippen molar-refractivity contribution in [3.8, 4) is 0 Å². The first kappa shape index (κ1) is 17.9. The second kappa shape index (κ2) is 11.9. The number of unbranched alkanes of at least 4 members (excludes halogenated alkanes) is 8. The Labute approximate surface area is 117 Å². The third-order valence-electron chi connectivity index (χ3n) is 3.15. The van der Waals surface area contributed by atoms with Crippen LogP contribution in [-0.2, 0) is 9.59 Å². The van der Waals surface area contributed by atoms with Crippen LogP contribution in [-0.4, -0.2) is 11.8 Å². The van der Waals surface area contributed by atoms with Crippen LogP contribution in [0.3, 0.4) is 0 Å². The van der Waals surface area contributed by atoms with Gasteiger partial charge in [0.15, 0.2) is 0 Å². The van der Waals surface area contributed by atoms with E-state index in [1.54, 1.807) is 6.92 Å². The van der Waals surface area contributed by atoms with Gasteiger partial charge < -0.3 is 0 Å². The van der Waals surface area contributed by atoms with E-state index in [0.29, 0.717) is 12.0 Å². The van der Waals surface area contributed by atoms with Crippen molar-refractivity contribution in [2.45, 2.75) is 78.1 Å². The molecule has 0 atom stereocenters. The van der Waals surface area contributed by atoms with Crippen molar-refractivity contribution >= 4 is 11.8 Å². The summed E-state index contributed by atoms with van der Waals surface area (Å²) in [5.41, 5.74) is 0.375. The van der Waals surface area contributed by atoms with Crippen molar-refractivity contribution in [1.29, 1.82) is 0 Å². The van der Waals surface area contributed by atoms with E-state index in [4.69, 9.17) is 0 Å². The lowest BCUT2D eigenvalue weighted by atomic mass is 10.1. The predicted molar refractivity (Wildman–Crippen MR) is 79.8 cm³/mol. The standard InChI is InChI=1S/C16H29NO2/c1-4-5-6-7-8-9-10-11-12-13-15(18)17-16(19)14(2)3/h2,4-13H2,1,3H3,(H,17,18,19). The van der Waals surface area contributed by atoms with Crippen molar-refractivity contribution < 1.29 is 9.59 Å². The highest BCUT2D eigenvalue weighted by molar-refractivity contribution is 6.03. The van der Waals surface area contributed by atoms with Crippen molar-refractivity contribution in [2.24, 2.45) is 0 Å². The fourth-order valence-electron chi connectivity index (χ4n) is 1.89. The van der Waals surface area contributed by atoms with Crippen LogP contribution in [0.1, 0.15) is 78.1 Å². The number of hydrogen-bond donors (Lipinski definition) is 1. The van der Waals surface area contributed by atoms with Crippen LogP contribution in [0.4, 0.5) is 0 Å². The van der Waals surface area contributed by atoms with Gasteiger partial charge in [-0.2, -0.15) is 0 Å². The van der Waals surface area contributed by atoms with Gasteiger partial charge in [0.05, 0.1) is 0 Å². The maximum absolute atomic E-state index is 11.4. The summed E-state index contributed by atoms with van der Waals surface area (Å²) in [6.07, 6.45) is 11.4. The molecule has 19 heavy (non-hydrogen) atoms. The van der Waals surface area contributed by atoms with E-state index < -0.39 is 0 Å². The summed E-state index contributed by atoms with van der Waals surface area (Å²) in [5, 5.41) is 2.33. The molecular formula is C16H29NO2. The maximum atomic E-state index is 11.4. The van der Waals surface area contributed by atoms with Gasteiger partial charge in [-0.15, -0.1) is 0 Å². The highest BCUT2D eigenvalue weighted by Crippen LogP contribution is 2.10. The molecule has 0 aliphatic heterocycles. The number of amides is 2. The van der Waals surface area contributed by atoms with Crippen molar-refractivity contribution in [1.82, 2.24) is 5.32 Å². The first-order valence-electron chi connectivity index (χ1n) is 7.57. The summed E-state index contributed by atoms with van der Waals surface area (Å²) in [6, 6.07) is 0. The minimum absolute atomic E-state index is 0.184. The molecular weight excluding hydrogens is 238 g/mol. The predicted octanol–water partition coefficient (Wildman–Crippen LogP) is 4.13. The summed E-state index contributed by atoms with van der Waals surface area (Å²) < 4.78 is 0. The SMILES string of the molecule is C=C(C)C(=O)NC(=O)CCCCCCCCCCC. The molecule has 0 radical (unpaired) electrons. The number of carbonyl (C=O) groups is 2. The van der Waals surface area contributed by atoms with Crippen LogP contribution in [0, 0.1) is 0 Å². The van der Waals surface area contributed by atoms with Crippen LogP contribution in [0.5, 0.6) is 0 Å². The van der Waals surface area contributed by atoms with E-state index in [9.17, 15) is 9.59 Å². The molecule has 2 amide bonds. The van der Waals surface area contributed by atoms with E-state index in [-0.39, 0.29) is 11.8 Å². The zero-order valence-electron chi connectivity index (χ0n) is 12.6. The molecule has 0 aliphatic carbocycles. The lowest BCUT2D eigenvalue weighted by Crippen LogP contribution is -2.30. The van der Waals surface area contributed by atoms with Crippen LogP contribution < -0.4 is 5.32 Å². The van der Waals surface area contributed by atoms with Crippen molar-refractivity contribution in [2.75, 3.05) is 0 Å². The topological polar surface area (TPSA) is 46.2 Å². The van der Waals surface area contributed by atoms with E-state index in [1.165, 1.54) is 44.9 Å². The molecule has 0 aromatic rings. The second-order valence-corrected chi connectivity index (χ2v) is 5.24. The molecule has 110 valence electrons. The normalized spacial score (nSPS) is 10.2. The van der Waals surface area contributed by atoms with Crippen molar-refractivity contribution in [3.05, 3.63) is 12.2 Å². The van der Waals surface area contributed by atoms with E-state index in [1.807, 2.05) is 0 Å². The third kappa shape index (κ3) is 11.7. The van der Waals surface area contributed by atoms with Crippen LogP contribution >= 0.6 is 0 Å². The fourth-order valence-corrected chi connectivity index (χ4v) is 1.89. The Kier molecular flexibility index (Phi) is 11.2. The minimum Gasteiger partial charge on any atom is -0.293 e. The molecule has 0 heterocycles. The van der Waals surface area contributed by atoms with Crippen LogP contribution in [0.2, 0.25) is 0 Å². The number of imide groups is 1. The molecule has 0 unspecified atom stereocenters. The van der Waals surface area contributed by atoms with Gasteiger partial charge >= 0.3 is 0 Å². The molecule has 1 N–H and O–H groups in total. The second-order valence-electron chi connectivity index (χ2n) is 5.24. The maximum Gasteiger partial charge on any atom is 0.252 e. The summed E-state index contributed by atoms with van der Waals surface area (Å²) in [7, 11) is 0. The Hall–Kier alpha value is -1.12. The summed E-state index contributed by atoms with van der Waals surface area (Å²) in [5.74, 6) is -0.545. The Morgan fingerprint density at radius 3 is 1.84 bits per heavy atom. The number of nitrogens with one attached hydrogen (secondary N) is 1. The Morgan fingerprint density at radius 2 is 1.37 bits per heavy atom. The molecule has 3 nitrogen and oxygen atoms in total. The summed E-state index contributed by atoms with van der Waals surface area (Å²) >= 11 is 0. The molecule has 0 aliphatic rings. The molecule has 0 rings (SSSR count). The Morgan fingerprint density at radius 1 is 0.895 bits per heavy atom. The van der Waals surface area contributed by atoms with Gasteiger partial charge in [0.1, 0.15) is 0 Å². The quantitative estimate of drug-likeness (QED) is 0.452. The molecule has 0 aromatic carbocycles. The largest absolute Gasteiger partial charge is 0.293 e. The Bertz CT molecular complexity index is 284. The first-order chi connectivity index (χ1) is 9.07. The van der Waals surface area contributed by atoms with Gasteiger partial charge in [-0.1, -0.05) is 64.9 Å². The van der Waals surface area contributed by atoms with Gasteiger partial charge in [0, 0.05) is 12.0 Å². The molecule has 0 bridgehead atoms. The summed E-state index contributed by atoms with van der Waals surface area (Å²) in [4.78, 5) is 22.6. The van der Waals surface area contributed by atoms with Crippen LogP contribution in [0.25, 0.3) is 0 Å². The highest BCUT2D eigenvalue weighted by Gasteiger charge is 2.07. The molecule has 0 spiro atoms. The monoisotopic (exact) mass is 267 g/mol. The minimum atomic E-state index is -0.360. The zero-order chi connectivity index (χ0) is 14.5. The van der Waals surface area contributed by atoms with E-state index in [2.05, 4.69) is 18.8 Å². The molecule has 0 aromatic heterocycles. The molecule has 0 saturated carbocycles. The smallest absolute Gasteiger partial charge is 0.252 e. The highest BCUT2D eigenvalue weighted by atomic mass is 16.2. The van der Waals surface area contributed by atoms with Gasteiger partial charge in [0.2, 0.25) is 5.91 Å². The van der Waals surface area contributed by atoms with Gasteiger partial charge in [0.25, 0.3) is 5.91 Å². The summed E-state index contributed by atoms with van der Waals surface area (Å²) in [6.45, 7) is 7.32. The zero-order valence-corrected chi connectivity index (χ0v) is 12.6. The van der Waals surface area contributed by atoms with Gasteiger partial charge in [-0.05, 0) is 13.3 Å². The third-order valence-corrected chi connectivity index (χ3v) is 3.15. The molecule has 0 fully saturated rings. The lowest BCUT2D eigenvalue weighted by molar-refractivity contribution is -0.128. The Balaban J connectivity index is 3.32. The van der Waals surface area contributed by atoms with Gasteiger partial charge in [-0.25, -0.2) is 0 Å². The van der Waals surface area contributed by atoms with Crippen molar-refractivity contribution in [3.63, 3.8) is 0 Å². The molecule has 0 saturated heterocycles. The molecule has 3 heteroatoms.